The summed E-state index contributed by atoms with van der Waals surface area (Å²) in [6.07, 6.45) is 3.39. The Morgan fingerprint density at radius 1 is 1.62 bits per heavy atom. The highest BCUT2D eigenvalue weighted by atomic mass is 32.1. The maximum absolute atomic E-state index is 11.5. The van der Waals surface area contributed by atoms with Crippen molar-refractivity contribution in [3.05, 3.63) is 11.9 Å². The molecule has 1 amide bonds. The average molecular weight is 243 g/mol. The van der Waals surface area contributed by atoms with Crippen molar-refractivity contribution in [3.63, 3.8) is 0 Å². The third kappa shape index (κ3) is 3.58. The largest absolute Gasteiger partial charge is 0.480 e. The highest BCUT2D eigenvalue weighted by molar-refractivity contribution is 6.99. The molecule has 16 heavy (non-hydrogen) atoms. The van der Waals surface area contributed by atoms with Crippen LogP contribution in [0.15, 0.2) is 6.20 Å². The maximum Gasteiger partial charge on any atom is 0.326 e. The molecule has 0 spiro atoms. The molecule has 1 aromatic rings. The van der Waals surface area contributed by atoms with E-state index in [0.29, 0.717) is 6.42 Å². The van der Waals surface area contributed by atoms with Crippen molar-refractivity contribution < 1.29 is 14.7 Å². The molecule has 0 fully saturated rings. The number of aliphatic carboxylic acids is 1. The molecular weight excluding hydrogens is 230 g/mol. The van der Waals surface area contributed by atoms with Crippen LogP contribution in [-0.4, -0.2) is 31.8 Å². The third-order valence-corrected chi connectivity index (χ3v) is 2.52. The van der Waals surface area contributed by atoms with Crippen LogP contribution in [0.2, 0.25) is 0 Å². The SMILES string of the molecule is CCCCC(NC(=O)c1cnsn1)C(=O)O. The number of rotatable bonds is 6. The molecule has 6 nitrogen and oxygen atoms in total. The van der Waals surface area contributed by atoms with Gasteiger partial charge in [0, 0.05) is 0 Å². The molecule has 0 aliphatic carbocycles. The Morgan fingerprint density at radius 3 is 2.88 bits per heavy atom. The van der Waals surface area contributed by atoms with Crippen molar-refractivity contribution in [2.45, 2.75) is 32.2 Å². The molecule has 0 aromatic carbocycles. The van der Waals surface area contributed by atoms with Crippen LogP contribution in [0.4, 0.5) is 0 Å². The lowest BCUT2D eigenvalue weighted by Gasteiger charge is -2.12. The van der Waals surface area contributed by atoms with Gasteiger partial charge in [-0.2, -0.15) is 8.75 Å². The van der Waals surface area contributed by atoms with E-state index in [2.05, 4.69) is 14.1 Å². The second-order valence-corrected chi connectivity index (χ2v) is 3.86. The van der Waals surface area contributed by atoms with E-state index < -0.39 is 17.9 Å². The number of carboxylic acid groups (broad SMARTS) is 1. The van der Waals surface area contributed by atoms with Crippen molar-refractivity contribution in [2.24, 2.45) is 0 Å². The topological polar surface area (TPSA) is 92.2 Å². The molecule has 88 valence electrons. The molecular formula is C9H13N3O3S. The summed E-state index contributed by atoms with van der Waals surface area (Å²) in [4.78, 5) is 22.4. The molecule has 7 heteroatoms. The Bertz CT molecular complexity index is 353. The summed E-state index contributed by atoms with van der Waals surface area (Å²) in [6.45, 7) is 1.96. The molecule has 1 heterocycles. The summed E-state index contributed by atoms with van der Waals surface area (Å²) in [7, 11) is 0. The van der Waals surface area contributed by atoms with Gasteiger partial charge in [0.2, 0.25) is 0 Å². The highest BCUT2D eigenvalue weighted by Gasteiger charge is 2.20. The monoisotopic (exact) mass is 243 g/mol. The summed E-state index contributed by atoms with van der Waals surface area (Å²) >= 11 is 0.913. The number of carbonyl (C=O) groups is 2. The summed E-state index contributed by atoms with van der Waals surface area (Å²) in [5.41, 5.74) is 0.160. The van der Waals surface area contributed by atoms with Gasteiger partial charge in [-0.25, -0.2) is 4.79 Å². The van der Waals surface area contributed by atoms with E-state index in [-0.39, 0.29) is 5.69 Å². The summed E-state index contributed by atoms with van der Waals surface area (Å²) in [5, 5.41) is 11.3. The number of unbranched alkanes of at least 4 members (excludes halogenated alkanes) is 1. The minimum absolute atomic E-state index is 0.160. The number of nitrogens with zero attached hydrogens (tertiary/aromatic N) is 2. The fourth-order valence-corrected chi connectivity index (χ4v) is 1.57. The Morgan fingerprint density at radius 2 is 2.38 bits per heavy atom. The fraction of sp³-hybridized carbons (Fsp3) is 0.556. The van der Waals surface area contributed by atoms with Gasteiger partial charge >= 0.3 is 5.97 Å². The first-order chi connectivity index (χ1) is 7.65. The smallest absolute Gasteiger partial charge is 0.326 e. The normalized spacial score (nSPS) is 12.1. The van der Waals surface area contributed by atoms with Gasteiger partial charge in [0.25, 0.3) is 5.91 Å². The Hall–Kier alpha value is -1.50. The van der Waals surface area contributed by atoms with Crippen LogP contribution >= 0.6 is 11.7 Å². The lowest BCUT2D eigenvalue weighted by Crippen LogP contribution is -2.40. The molecule has 0 saturated heterocycles. The molecule has 1 aromatic heterocycles. The van der Waals surface area contributed by atoms with Crippen molar-refractivity contribution >= 4 is 23.6 Å². The van der Waals surface area contributed by atoms with E-state index in [1.165, 1.54) is 6.20 Å². The van der Waals surface area contributed by atoms with Crippen LogP contribution in [0.3, 0.4) is 0 Å². The van der Waals surface area contributed by atoms with Gasteiger partial charge < -0.3 is 10.4 Å². The first kappa shape index (κ1) is 12.6. The van der Waals surface area contributed by atoms with Gasteiger partial charge in [-0.05, 0) is 6.42 Å². The zero-order chi connectivity index (χ0) is 12.0. The van der Waals surface area contributed by atoms with E-state index in [9.17, 15) is 9.59 Å². The van der Waals surface area contributed by atoms with E-state index >= 15 is 0 Å². The predicted octanol–water partition coefficient (Wildman–Crippen LogP) is 0.911. The lowest BCUT2D eigenvalue weighted by molar-refractivity contribution is -0.139. The van der Waals surface area contributed by atoms with Gasteiger partial charge in [-0.3, -0.25) is 4.79 Å². The molecule has 2 N–H and O–H groups in total. The maximum atomic E-state index is 11.5. The van der Waals surface area contributed by atoms with Crippen LogP contribution in [0.1, 0.15) is 36.7 Å². The molecule has 0 aliphatic heterocycles. The third-order valence-electron chi connectivity index (χ3n) is 2.04. The molecule has 1 rings (SSSR count). The first-order valence-corrected chi connectivity index (χ1v) is 5.69. The number of hydrogen-bond donors (Lipinski definition) is 2. The van der Waals surface area contributed by atoms with Crippen molar-refractivity contribution in [1.29, 1.82) is 0 Å². The van der Waals surface area contributed by atoms with E-state index in [4.69, 9.17) is 5.11 Å². The minimum atomic E-state index is -1.02. The van der Waals surface area contributed by atoms with Gasteiger partial charge in [0.15, 0.2) is 5.69 Å². The second-order valence-electron chi connectivity index (χ2n) is 3.30. The van der Waals surface area contributed by atoms with Crippen LogP contribution in [0.5, 0.6) is 0 Å². The highest BCUT2D eigenvalue weighted by Crippen LogP contribution is 2.03. The number of aromatic nitrogens is 2. The molecule has 0 bridgehead atoms. The zero-order valence-corrected chi connectivity index (χ0v) is 9.66. The summed E-state index contributed by atoms with van der Waals surface area (Å²) in [5.74, 6) is -1.51. The fourth-order valence-electron chi connectivity index (χ4n) is 1.16. The van der Waals surface area contributed by atoms with Crippen molar-refractivity contribution in [1.82, 2.24) is 14.1 Å². The molecule has 0 saturated carbocycles. The zero-order valence-electron chi connectivity index (χ0n) is 8.84. The summed E-state index contributed by atoms with van der Waals surface area (Å²) in [6, 6.07) is -0.853. The number of hydrogen-bond acceptors (Lipinski definition) is 5. The van der Waals surface area contributed by atoms with E-state index in [1.54, 1.807) is 0 Å². The quantitative estimate of drug-likeness (QED) is 0.774. The lowest BCUT2D eigenvalue weighted by atomic mass is 10.1. The molecule has 1 unspecified atom stereocenters. The Labute approximate surface area is 97.0 Å². The number of carbonyl (C=O) groups excluding carboxylic acids is 1. The van der Waals surface area contributed by atoms with E-state index in [1.807, 2.05) is 6.92 Å². The van der Waals surface area contributed by atoms with Crippen molar-refractivity contribution in [2.75, 3.05) is 0 Å². The molecule has 1 atom stereocenters. The standard InChI is InChI=1S/C9H13N3O3S/c1-2-3-4-6(9(14)15)11-8(13)7-5-10-16-12-7/h5-6H,2-4H2,1H3,(H,11,13)(H,14,15). The van der Waals surface area contributed by atoms with Gasteiger partial charge in [-0.15, -0.1) is 0 Å². The Kier molecular flexibility index (Phi) is 4.84. The van der Waals surface area contributed by atoms with Gasteiger partial charge in [0.1, 0.15) is 6.04 Å². The summed E-state index contributed by atoms with van der Waals surface area (Å²) < 4.78 is 7.41. The number of carboxylic acids is 1. The van der Waals surface area contributed by atoms with Gasteiger partial charge in [-0.1, -0.05) is 19.8 Å². The van der Waals surface area contributed by atoms with Crippen LogP contribution in [-0.2, 0) is 4.79 Å². The van der Waals surface area contributed by atoms with E-state index in [0.717, 1.165) is 24.6 Å². The van der Waals surface area contributed by atoms with Gasteiger partial charge in [0.05, 0.1) is 17.9 Å². The Balaban J connectivity index is 2.54. The van der Waals surface area contributed by atoms with Crippen LogP contribution in [0, 0.1) is 0 Å². The van der Waals surface area contributed by atoms with Crippen molar-refractivity contribution in [3.8, 4) is 0 Å². The average Bonchev–Trinajstić information content (AvgIpc) is 2.76. The number of amides is 1. The number of nitrogens with one attached hydrogen (secondary N) is 1. The van der Waals surface area contributed by atoms with Crippen LogP contribution in [0.25, 0.3) is 0 Å². The predicted molar refractivity (Wildman–Crippen MR) is 58.3 cm³/mol. The first-order valence-electron chi connectivity index (χ1n) is 4.96. The molecule has 0 radical (unpaired) electrons. The minimum Gasteiger partial charge on any atom is -0.480 e. The van der Waals surface area contributed by atoms with Crippen LogP contribution < -0.4 is 5.32 Å². The second kappa shape index (κ2) is 6.16. The molecule has 0 aliphatic rings.